The largest absolute Gasteiger partial charge is 0.472 e. The molecule has 0 radical (unpaired) electrons. The number of ether oxygens (including phenoxy) is 1. The van der Waals surface area contributed by atoms with Crippen LogP contribution in [0.2, 0.25) is 5.02 Å². The number of benzene rings is 2. The third-order valence-corrected chi connectivity index (χ3v) is 5.76. The summed E-state index contributed by atoms with van der Waals surface area (Å²) in [6.45, 7) is 3.10. The van der Waals surface area contributed by atoms with E-state index in [1.807, 2.05) is 31.2 Å². The number of hydrogen-bond donors (Lipinski definition) is 0. The molecule has 0 unspecified atom stereocenters. The van der Waals surface area contributed by atoms with Gasteiger partial charge in [0.15, 0.2) is 6.73 Å². The van der Waals surface area contributed by atoms with Crippen molar-refractivity contribution in [1.29, 1.82) is 0 Å². The minimum Gasteiger partial charge on any atom is -0.472 e. The third kappa shape index (κ3) is 2.25. The molecular weight excluding hydrogens is 350 g/mol. The summed E-state index contributed by atoms with van der Waals surface area (Å²) >= 11 is 6.36. The molecule has 0 spiro atoms. The molecule has 1 aliphatic heterocycles. The average molecular weight is 368 g/mol. The molecule has 2 aliphatic rings. The molecule has 0 bridgehead atoms. The lowest BCUT2D eigenvalue weighted by Gasteiger charge is -2.32. The van der Waals surface area contributed by atoms with Gasteiger partial charge >= 0.3 is 5.63 Å². The fourth-order valence-electron chi connectivity index (χ4n) is 4.20. The Bertz CT molecular complexity index is 1100. The summed E-state index contributed by atoms with van der Waals surface area (Å²) in [5, 5.41) is 1.77. The van der Waals surface area contributed by atoms with Crippen LogP contribution in [0.3, 0.4) is 0 Å². The van der Waals surface area contributed by atoms with E-state index >= 15 is 0 Å². The van der Waals surface area contributed by atoms with Crippen molar-refractivity contribution in [1.82, 2.24) is 0 Å². The van der Waals surface area contributed by atoms with E-state index in [0.717, 1.165) is 58.3 Å². The second-order valence-corrected chi connectivity index (χ2v) is 7.40. The molecule has 5 heteroatoms. The van der Waals surface area contributed by atoms with Crippen molar-refractivity contribution in [3.63, 3.8) is 0 Å². The predicted molar refractivity (Wildman–Crippen MR) is 102 cm³/mol. The van der Waals surface area contributed by atoms with Gasteiger partial charge in [0.1, 0.15) is 11.3 Å². The van der Waals surface area contributed by atoms with Gasteiger partial charge in [0.05, 0.1) is 10.7 Å². The zero-order valence-corrected chi connectivity index (χ0v) is 15.2. The van der Waals surface area contributed by atoms with Gasteiger partial charge in [-0.25, -0.2) is 4.79 Å². The third-order valence-electron chi connectivity index (χ3n) is 5.44. The smallest absolute Gasteiger partial charge is 0.339 e. The highest BCUT2D eigenvalue weighted by molar-refractivity contribution is 6.33. The van der Waals surface area contributed by atoms with E-state index in [-0.39, 0.29) is 5.63 Å². The van der Waals surface area contributed by atoms with E-state index in [1.165, 1.54) is 0 Å². The van der Waals surface area contributed by atoms with Crippen LogP contribution in [-0.4, -0.2) is 6.73 Å². The van der Waals surface area contributed by atoms with E-state index in [1.54, 1.807) is 0 Å². The lowest BCUT2D eigenvalue weighted by atomic mass is 9.99. The number of halogens is 1. The van der Waals surface area contributed by atoms with Crippen LogP contribution in [0.5, 0.6) is 5.75 Å². The highest BCUT2D eigenvalue weighted by Crippen LogP contribution is 2.39. The Morgan fingerprint density at radius 2 is 1.96 bits per heavy atom. The number of hydrogen-bond acceptors (Lipinski definition) is 4. The highest BCUT2D eigenvalue weighted by atomic mass is 35.5. The van der Waals surface area contributed by atoms with Crippen LogP contribution in [0.15, 0.2) is 39.5 Å². The molecule has 0 fully saturated rings. The van der Waals surface area contributed by atoms with Crippen LogP contribution in [0.25, 0.3) is 11.0 Å². The van der Waals surface area contributed by atoms with E-state index < -0.39 is 0 Å². The van der Waals surface area contributed by atoms with Crippen molar-refractivity contribution < 1.29 is 9.15 Å². The minimum absolute atomic E-state index is 0.193. The Morgan fingerprint density at radius 1 is 1.15 bits per heavy atom. The van der Waals surface area contributed by atoms with E-state index in [9.17, 15) is 4.79 Å². The first-order valence-electron chi connectivity index (χ1n) is 8.87. The summed E-state index contributed by atoms with van der Waals surface area (Å²) < 4.78 is 11.7. The van der Waals surface area contributed by atoms with Crippen LogP contribution in [0, 0.1) is 6.92 Å². The normalized spacial score (nSPS) is 15.7. The molecule has 1 aromatic heterocycles. The number of fused-ring (bicyclic) bond motifs is 4. The minimum atomic E-state index is -0.193. The van der Waals surface area contributed by atoms with Gasteiger partial charge in [-0.3, -0.25) is 0 Å². The van der Waals surface area contributed by atoms with Gasteiger partial charge < -0.3 is 14.1 Å². The summed E-state index contributed by atoms with van der Waals surface area (Å²) in [6, 6.07) is 9.92. The van der Waals surface area contributed by atoms with Gasteiger partial charge in [0.2, 0.25) is 0 Å². The SMILES string of the molecule is Cc1c2c(cc3c4c(c(=O)oc13)CCC4)CN(c1ccccc1Cl)CO2. The molecule has 0 atom stereocenters. The highest BCUT2D eigenvalue weighted by Gasteiger charge is 2.26. The first kappa shape index (κ1) is 15.8. The molecule has 0 saturated carbocycles. The van der Waals surface area contributed by atoms with E-state index in [0.29, 0.717) is 23.9 Å². The van der Waals surface area contributed by atoms with Crippen molar-refractivity contribution in [3.8, 4) is 5.75 Å². The molecule has 1 aliphatic carbocycles. The Kier molecular flexibility index (Phi) is 3.50. The van der Waals surface area contributed by atoms with Gasteiger partial charge in [-0.05, 0) is 49.9 Å². The Morgan fingerprint density at radius 3 is 2.81 bits per heavy atom. The van der Waals surface area contributed by atoms with Gasteiger partial charge in [-0.15, -0.1) is 0 Å². The van der Waals surface area contributed by atoms with Crippen LogP contribution in [0.1, 0.15) is 28.7 Å². The Hall–Kier alpha value is -2.46. The monoisotopic (exact) mass is 367 g/mol. The zero-order valence-electron chi connectivity index (χ0n) is 14.5. The van der Waals surface area contributed by atoms with Crippen molar-refractivity contribution in [3.05, 3.63) is 68.0 Å². The topological polar surface area (TPSA) is 42.7 Å². The zero-order chi connectivity index (χ0) is 17.8. The number of para-hydroxylation sites is 1. The standard InChI is InChI=1S/C21H18ClNO3/c1-12-19-13(10-23(11-25-19)18-8-3-2-7-17(18)22)9-16-14-5-4-6-15(14)21(24)26-20(12)16/h2-3,7-9H,4-6,10-11H2,1H3. The lowest BCUT2D eigenvalue weighted by molar-refractivity contribution is 0.287. The first-order valence-corrected chi connectivity index (χ1v) is 9.24. The second kappa shape index (κ2) is 5.78. The number of rotatable bonds is 1. The van der Waals surface area contributed by atoms with Crippen molar-refractivity contribution in [2.75, 3.05) is 11.6 Å². The fraction of sp³-hybridized carbons (Fsp3) is 0.286. The molecule has 26 heavy (non-hydrogen) atoms. The predicted octanol–water partition coefficient (Wildman–Crippen LogP) is 4.60. The first-order chi connectivity index (χ1) is 12.6. The van der Waals surface area contributed by atoms with Crippen LogP contribution in [0.4, 0.5) is 5.69 Å². The maximum absolute atomic E-state index is 12.3. The van der Waals surface area contributed by atoms with Crippen LogP contribution >= 0.6 is 11.6 Å². The molecule has 3 aromatic rings. The molecule has 132 valence electrons. The Balaban J connectivity index is 1.67. The summed E-state index contributed by atoms with van der Waals surface area (Å²) in [6.07, 6.45) is 2.76. The fourth-order valence-corrected chi connectivity index (χ4v) is 4.46. The van der Waals surface area contributed by atoms with Crippen molar-refractivity contribution >= 4 is 28.3 Å². The maximum Gasteiger partial charge on any atom is 0.339 e. The summed E-state index contributed by atoms with van der Waals surface area (Å²) in [5.41, 5.74) is 5.44. The van der Waals surface area contributed by atoms with Crippen LogP contribution in [-0.2, 0) is 19.4 Å². The van der Waals surface area contributed by atoms with Gasteiger partial charge in [0, 0.05) is 28.6 Å². The van der Waals surface area contributed by atoms with Gasteiger partial charge in [0.25, 0.3) is 0 Å². The molecule has 0 amide bonds. The lowest BCUT2D eigenvalue weighted by Crippen LogP contribution is -2.32. The molecule has 0 N–H and O–H groups in total. The number of anilines is 1. The molecule has 5 rings (SSSR count). The molecule has 4 nitrogen and oxygen atoms in total. The summed E-state index contributed by atoms with van der Waals surface area (Å²) in [4.78, 5) is 14.4. The molecule has 2 aromatic carbocycles. The second-order valence-electron chi connectivity index (χ2n) is 6.99. The number of nitrogens with zero attached hydrogens (tertiary/aromatic N) is 1. The van der Waals surface area contributed by atoms with E-state index in [4.69, 9.17) is 20.8 Å². The Labute approximate surface area is 155 Å². The average Bonchev–Trinajstić information content (AvgIpc) is 3.14. The van der Waals surface area contributed by atoms with Gasteiger partial charge in [-0.1, -0.05) is 23.7 Å². The summed E-state index contributed by atoms with van der Waals surface area (Å²) in [7, 11) is 0. The quantitative estimate of drug-likeness (QED) is 0.589. The molecular formula is C21H18ClNO3. The maximum atomic E-state index is 12.3. The van der Waals surface area contributed by atoms with E-state index in [2.05, 4.69) is 11.0 Å². The molecule has 2 heterocycles. The number of aryl methyl sites for hydroxylation is 2. The van der Waals surface area contributed by atoms with Crippen molar-refractivity contribution in [2.45, 2.75) is 32.7 Å². The van der Waals surface area contributed by atoms with Crippen molar-refractivity contribution in [2.24, 2.45) is 0 Å². The summed E-state index contributed by atoms with van der Waals surface area (Å²) in [5.74, 6) is 0.821. The van der Waals surface area contributed by atoms with Crippen LogP contribution < -0.4 is 15.3 Å². The van der Waals surface area contributed by atoms with Gasteiger partial charge in [-0.2, -0.15) is 0 Å². The molecule has 0 saturated heterocycles.